The van der Waals surface area contributed by atoms with Gasteiger partial charge in [-0.15, -0.1) is 0 Å². The molecule has 3 rings (SSSR count). The zero-order chi connectivity index (χ0) is 16.1. The molecule has 2 aromatic rings. The Balaban J connectivity index is 1.52. The van der Waals surface area contributed by atoms with Crippen molar-refractivity contribution >= 4 is 16.7 Å². The highest BCUT2D eigenvalue weighted by Gasteiger charge is 2.22. The third kappa shape index (κ3) is 4.32. The Morgan fingerprint density at radius 2 is 1.87 bits per heavy atom. The van der Waals surface area contributed by atoms with Crippen molar-refractivity contribution in [1.82, 2.24) is 4.90 Å². The molecule has 2 aromatic carbocycles. The molecule has 1 saturated heterocycles. The molecule has 122 valence electrons. The van der Waals surface area contributed by atoms with Crippen molar-refractivity contribution in [2.45, 2.75) is 32.7 Å². The fourth-order valence-electron chi connectivity index (χ4n) is 3.40. The average Bonchev–Trinajstić information content (AvgIpc) is 2.57. The van der Waals surface area contributed by atoms with E-state index in [1.165, 1.54) is 16.3 Å². The van der Waals surface area contributed by atoms with Gasteiger partial charge in [-0.05, 0) is 61.2 Å². The third-order valence-corrected chi connectivity index (χ3v) is 4.69. The number of fused-ring (bicyclic) bond motifs is 1. The lowest BCUT2D eigenvalue weighted by Gasteiger charge is -2.31. The van der Waals surface area contributed by atoms with E-state index in [1.54, 1.807) is 0 Å². The fourth-order valence-corrected chi connectivity index (χ4v) is 3.40. The maximum absolute atomic E-state index is 11.6. The van der Waals surface area contributed by atoms with Crippen LogP contribution >= 0.6 is 0 Å². The van der Waals surface area contributed by atoms with Gasteiger partial charge in [-0.25, -0.2) is 0 Å². The first-order valence-corrected chi connectivity index (χ1v) is 8.60. The summed E-state index contributed by atoms with van der Waals surface area (Å²) in [7, 11) is 0. The summed E-state index contributed by atoms with van der Waals surface area (Å²) in [5, 5.41) is 2.60. The van der Waals surface area contributed by atoms with Crippen molar-refractivity contribution in [2.75, 3.05) is 19.7 Å². The van der Waals surface area contributed by atoms with Crippen LogP contribution in [0.25, 0.3) is 10.8 Å². The summed E-state index contributed by atoms with van der Waals surface area (Å²) in [6.07, 6.45) is 2.76. The molecule has 1 heterocycles. The normalized spacial score (nSPS) is 16.6. The number of esters is 1. The monoisotopic (exact) mass is 311 g/mol. The Morgan fingerprint density at radius 3 is 2.61 bits per heavy atom. The quantitative estimate of drug-likeness (QED) is 0.782. The maximum atomic E-state index is 11.6. The SMILES string of the molecule is CCOC(=O)CC1CCN(Cc2ccc3ccccc3c2)CC1. The summed E-state index contributed by atoms with van der Waals surface area (Å²) in [6, 6.07) is 15.2. The van der Waals surface area contributed by atoms with Gasteiger partial charge in [-0.2, -0.15) is 0 Å². The van der Waals surface area contributed by atoms with Crippen LogP contribution in [0.5, 0.6) is 0 Å². The van der Waals surface area contributed by atoms with Crippen molar-refractivity contribution < 1.29 is 9.53 Å². The summed E-state index contributed by atoms with van der Waals surface area (Å²) in [5.74, 6) is 0.447. The van der Waals surface area contributed by atoms with Gasteiger partial charge in [0.25, 0.3) is 0 Å². The predicted octanol–water partition coefficient (Wildman–Crippen LogP) is 4.01. The topological polar surface area (TPSA) is 29.5 Å². The van der Waals surface area contributed by atoms with Gasteiger partial charge in [-0.1, -0.05) is 36.4 Å². The van der Waals surface area contributed by atoms with E-state index in [4.69, 9.17) is 4.74 Å². The largest absolute Gasteiger partial charge is 0.466 e. The third-order valence-electron chi connectivity index (χ3n) is 4.69. The number of carbonyl (C=O) groups is 1. The van der Waals surface area contributed by atoms with Crippen molar-refractivity contribution in [2.24, 2.45) is 5.92 Å². The molecule has 1 aliphatic heterocycles. The van der Waals surface area contributed by atoms with Gasteiger partial charge >= 0.3 is 5.97 Å². The van der Waals surface area contributed by atoms with Crippen LogP contribution in [0.15, 0.2) is 42.5 Å². The number of hydrogen-bond donors (Lipinski definition) is 0. The lowest BCUT2D eigenvalue weighted by atomic mass is 9.93. The van der Waals surface area contributed by atoms with Gasteiger partial charge in [0.1, 0.15) is 0 Å². The van der Waals surface area contributed by atoms with Crippen molar-refractivity contribution in [3.63, 3.8) is 0 Å². The molecule has 3 nitrogen and oxygen atoms in total. The number of nitrogens with zero attached hydrogens (tertiary/aromatic N) is 1. The Hall–Kier alpha value is -1.87. The minimum atomic E-state index is -0.0412. The van der Waals surface area contributed by atoms with Gasteiger partial charge in [0.05, 0.1) is 6.61 Å². The summed E-state index contributed by atoms with van der Waals surface area (Å²) in [6.45, 7) is 5.48. The molecule has 0 N–H and O–H groups in total. The average molecular weight is 311 g/mol. The molecule has 0 radical (unpaired) electrons. The maximum Gasteiger partial charge on any atom is 0.306 e. The van der Waals surface area contributed by atoms with E-state index in [1.807, 2.05) is 6.92 Å². The minimum Gasteiger partial charge on any atom is -0.466 e. The molecule has 0 unspecified atom stereocenters. The molecule has 1 fully saturated rings. The van der Waals surface area contributed by atoms with Gasteiger partial charge in [0.15, 0.2) is 0 Å². The number of piperidine rings is 1. The van der Waals surface area contributed by atoms with Crippen LogP contribution in [0.2, 0.25) is 0 Å². The molecule has 0 bridgehead atoms. The van der Waals surface area contributed by atoms with Crippen molar-refractivity contribution in [3.8, 4) is 0 Å². The molecule has 3 heteroatoms. The highest BCUT2D eigenvalue weighted by atomic mass is 16.5. The Kier molecular flexibility index (Phi) is 5.29. The van der Waals surface area contributed by atoms with Crippen molar-refractivity contribution in [1.29, 1.82) is 0 Å². The van der Waals surface area contributed by atoms with Gasteiger partial charge in [0, 0.05) is 13.0 Å². The van der Waals surface area contributed by atoms with Crippen LogP contribution in [-0.2, 0) is 16.1 Å². The zero-order valence-corrected chi connectivity index (χ0v) is 13.8. The van der Waals surface area contributed by atoms with E-state index in [9.17, 15) is 4.79 Å². The van der Waals surface area contributed by atoms with E-state index in [0.717, 1.165) is 32.5 Å². The second-order valence-electron chi connectivity index (χ2n) is 6.41. The molecular weight excluding hydrogens is 286 g/mol. The number of carbonyl (C=O) groups excluding carboxylic acids is 1. The first kappa shape index (κ1) is 16.0. The van der Waals surface area contributed by atoms with Gasteiger partial charge in [0.2, 0.25) is 0 Å². The van der Waals surface area contributed by atoms with E-state index >= 15 is 0 Å². The van der Waals surface area contributed by atoms with Crippen LogP contribution in [0.3, 0.4) is 0 Å². The first-order valence-electron chi connectivity index (χ1n) is 8.60. The molecule has 0 aliphatic carbocycles. The lowest BCUT2D eigenvalue weighted by Crippen LogP contribution is -2.34. The number of rotatable bonds is 5. The van der Waals surface area contributed by atoms with Gasteiger partial charge in [-0.3, -0.25) is 9.69 Å². The number of benzene rings is 2. The molecule has 1 aliphatic rings. The van der Waals surface area contributed by atoms with E-state index in [0.29, 0.717) is 18.9 Å². The van der Waals surface area contributed by atoms with E-state index < -0.39 is 0 Å². The van der Waals surface area contributed by atoms with Crippen LogP contribution in [0.4, 0.5) is 0 Å². The molecular formula is C20H25NO2. The molecule has 0 amide bonds. The Labute approximate surface area is 138 Å². The summed E-state index contributed by atoms with van der Waals surface area (Å²) < 4.78 is 5.06. The zero-order valence-electron chi connectivity index (χ0n) is 13.8. The second-order valence-corrected chi connectivity index (χ2v) is 6.41. The molecule has 23 heavy (non-hydrogen) atoms. The van der Waals surface area contributed by atoms with Crippen LogP contribution in [0.1, 0.15) is 31.7 Å². The predicted molar refractivity (Wildman–Crippen MR) is 93.2 cm³/mol. The van der Waals surface area contributed by atoms with Crippen LogP contribution in [0, 0.1) is 5.92 Å². The Morgan fingerprint density at radius 1 is 1.13 bits per heavy atom. The second kappa shape index (κ2) is 7.60. The summed E-state index contributed by atoms with van der Waals surface area (Å²) in [5.41, 5.74) is 1.37. The number of likely N-dealkylation sites (tertiary alicyclic amines) is 1. The van der Waals surface area contributed by atoms with E-state index in [2.05, 4.69) is 47.4 Å². The van der Waals surface area contributed by atoms with E-state index in [-0.39, 0.29) is 5.97 Å². The van der Waals surface area contributed by atoms with Gasteiger partial charge < -0.3 is 4.74 Å². The molecule has 0 atom stereocenters. The highest BCUT2D eigenvalue weighted by molar-refractivity contribution is 5.82. The molecule has 0 aromatic heterocycles. The van der Waals surface area contributed by atoms with Crippen LogP contribution < -0.4 is 0 Å². The Bertz CT molecular complexity index is 659. The lowest BCUT2D eigenvalue weighted by molar-refractivity contribution is -0.144. The highest BCUT2D eigenvalue weighted by Crippen LogP contribution is 2.23. The summed E-state index contributed by atoms with van der Waals surface area (Å²) >= 11 is 0. The summed E-state index contributed by atoms with van der Waals surface area (Å²) in [4.78, 5) is 14.1. The standard InChI is InChI=1S/C20H25NO2/c1-2-23-20(22)14-16-9-11-21(12-10-16)15-17-7-8-18-5-3-4-6-19(18)13-17/h3-8,13,16H,2,9-12,14-15H2,1H3. The molecule has 0 spiro atoms. The minimum absolute atomic E-state index is 0.0412. The number of hydrogen-bond acceptors (Lipinski definition) is 3. The van der Waals surface area contributed by atoms with Crippen molar-refractivity contribution in [3.05, 3.63) is 48.0 Å². The fraction of sp³-hybridized carbons (Fsp3) is 0.450. The smallest absolute Gasteiger partial charge is 0.306 e. The van der Waals surface area contributed by atoms with Crippen LogP contribution in [-0.4, -0.2) is 30.6 Å². The number of ether oxygens (including phenoxy) is 1. The first-order chi connectivity index (χ1) is 11.2. The molecule has 0 saturated carbocycles.